The summed E-state index contributed by atoms with van der Waals surface area (Å²) in [5.41, 5.74) is 2.20. The molecule has 0 spiro atoms. The summed E-state index contributed by atoms with van der Waals surface area (Å²) in [5.74, 6) is 0.0678. The topological polar surface area (TPSA) is 38.0 Å². The van der Waals surface area contributed by atoms with Crippen molar-refractivity contribution in [2.75, 3.05) is 6.61 Å². The van der Waals surface area contributed by atoms with Gasteiger partial charge in [0.25, 0.3) is 0 Å². The Labute approximate surface area is 112 Å². The van der Waals surface area contributed by atoms with E-state index in [1.54, 1.807) is 0 Å². The highest BCUT2D eigenvalue weighted by Crippen LogP contribution is 2.23. The van der Waals surface area contributed by atoms with E-state index in [-0.39, 0.29) is 12.5 Å². The van der Waals surface area contributed by atoms with E-state index < -0.39 is 0 Å². The van der Waals surface area contributed by atoms with E-state index in [2.05, 4.69) is 12.0 Å². The Morgan fingerprint density at radius 2 is 2.28 bits per heavy atom. The third kappa shape index (κ3) is 3.12. The van der Waals surface area contributed by atoms with Gasteiger partial charge in [-0.3, -0.25) is 4.68 Å². The van der Waals surface area contributed by atoms with Gasteiger partial charge in [0.15, 0.2) is 0 Å². The van der Waals surface area contributed by atoms with Crippen LogP contribution in [0.1, 0.15) is 24.0 Å². The number of nitrogens with zero attached hydrogens (tertiary/aromatic N) is 2. The highest BCUT2D eigenvalue weighted by Gasteiger charge is 2.12. The number of halogens is 1. The summed E-state index contributed by atoms with van der Waals surface area (Å²) >= 11 is 5.98. The SMILES string of the molecule is CCn1cc(CC(CO)c2cccc(Cl)c2)cn1. The highest BCUT2D eigenvalue weighted by atomic mass is 35.5. The molecule has 4 heteroatoms. The quantitative estimate of drug-likeness (QED) is 0.902. The van der Waals surface area contributed by atoms with Gasteiger partial charge >= 0.3 is 0 Å². The predicted molar refractivity (Wildman–Crippen MR) is 72.9 cm³/mol. The van der Waals surface area contributed by atoms with Gasteiger partial charge < -0.3 is 5.11 Å². The van der Waals surface area contributed by atoms with Gasteiger partial charge in [0.2, 0.25) is 0 Å². The molecule has 1 N–H and O–H groups in total. The van der Waals surface area contributed by atoms with Gasteiger partial charge in [0.05, 0.1) is 12.8 Å². The molecule has 2 aromatic rings. The first kappa shape index (κ1) is 13.1. The summed E-state index contributed by atoms with van der Waals surface area (Å²) in [6.07, 6.45) is 4.65. The van der Waals surface area contributed by atoms with Crippen LogP contribution in [0.3, 0.4) is 0 Å². The molecule has 18 heavy (non-hydrogen) atoms. The number of aryl methyl sites for hydroxylation is 1. The molecule has 1 aromatic heterocycles. The van der Waals surface area contributed by atoms with Crippen LogP contribution < -0.4 is 0 Å². The lowest BCUT2D eigenvalue weighted by molar-refractivity contribution is 0.264. The average molecular weight is 265 g/mol. The number of hydrogen-bond donors (Lipinski definition) is 1. The third-order valence-corrected chi connectivity index (χ3v) is 3.27. The molecule has 0 radical (unpaired) electrons. The maximum atomic E-state index is 9.53. The maximum Gasteiger partial charge on any atom is 0.0521 e. The monoisotopic (exact) mass is 264 g/mol. The molecule has 0 saturated heterocycles. The fourth-order valence-corrected chi connectivity index (χ4v) is 2.22. The van der Waals surface area contributed by atoms with Gasteiger partial charge in [-0.15, -0.1) is 0 Å². The Morgan fingerprint density at radius 1 is 1.44 bits per heavy atom. The molecule has 1 unspecified atom stereocenters. The van der Waals surface area contributed by atoms with Crippen LogP contribution in [0.4, 0.5) is 0 Å². The number of benzene rings is 1. The molecule has 1 atom stereocenters. The largest absolute Gasteiger partial charge is 0.396 e. The minimum Gasteiger partial charge on any atom is -0.396 e. The lowest BCUT2D eigenvalue weighted by Gasteiger charge is -2.13. The van der Waals surface area contributed by atoms with Gasteiger partial charge in [-0.25, -0.2) is 0 Å². The first-order valence-corrected chi connectivity index (χ1v) is 6.48. The standard InChI is InChI=1S/C14H17ClN2O/c1-2-17-9-11(8-16-17)6-13(10-18)12-4-3-5-14(15)7-12/h3-5,7-9,13,18H,2,6,10H2,1H3. The first-order valence-electron chi connectivity index (χ1n) is 6.10. The second-order valence-electron chi connectivity index (χ2n) is 4.34. The molecular formula is C14H17ClN2O. The minimum atomic E-state index is 0.0678. The van der Waals surface area contributed by atoms with E-state index in [1.165, 1.54) is 0 Å². The number of aromatic nitrogens is 2. The number of hydrogen-bond acceptors (Lipinski definition) is 2. The molecule has 3 nitrogen and oxygen atoms in total. The number of rotatable bonds is 5. The van der Waals surface area contributed by atoms with E-state index in [9.17, 15) is 5.11 Å². The molecule has 0 aliphatic rings. The number of aliphatic hydroxyl groups excluding tert-OH is 1. The minimum absolute atomic E-state index is 0.0678. The zero-order chi connectivity index (χ0) is 13.0. The summed E-state index contributed by atoms with van der Waals surface area (Å²) in [7, 11) is 0. The van der Waals surface area contributed by atoms with Crippen LogP contribution in [-0.2, 0) is 13.0 Å². The fourth-order valence-electron chi connectivity index (χ4n) is 2.02. The van der Waals surface area contributed by atoms with Crippen molar-refractivity contribution >= 4 is 11.6 Å². The molecule has 1 heterocycles. The molecule has 0 amide bonds. The third-order valence-electron chi connectivity index (χ3n) is 3.03. The molecular weight excluding hydrogens is 248 g/mol. The fraction of sp³-hybridized carbons (Fsp3) is 0.357. The van der Waals surface area contributed by atoms with Crippen molar-refractivity contribution in [3.8, 4) is 0 Å². The molecule has 2 rings (SSSR count). The summed E-state index contributed by atoms with van der Waals surface area (Å²) in [5, 5.41) is 14.5. The molecule has 0 fully saturated rings. The zero-order valence-electron chi connectivity index (χ0n) is 10.4. The lowest BCUT2D eigenvalue weighted by atomic mass is 9.94. The van der Waals surface area contributed by atoms with Crippen molar-refractivity contribution in [2.45, 2.75) is 25.8 Å². The van der Waals surface area contributed by atoms with E-state index in [1.807, 2.05) is 41.3 Å². The summed E-state index contributed by atoms with van der Waals surface area (Å²) in [6, 6.07) is 7.66. The van der Waals surface area contributed by atoms with Crippen molar-refractivity contribution in [1.29, 1.82) is 0 Å². The van der Waals surface area contributed by atoms with Gasteiger partial charge in [-0.1, -0.05) is 23.7 Å². The Kier molecular flexibility index (Phi) is 4.39. The lowest BCUT2D eigenvalue weighted by Crippen LogP contribution is -2.07. The zero-order valence-corrected chi connectivity index (χ0v) is 11.1. The van der Waals surface area contributed by atoms with Gasteiger partial charge in [0, 0.05) is 23.7 Å². The molecule has 0 saturated carbocycles. The Hall–Kier alpha value is -1.32. The molecule has 1 aromatic carbocycles. The van der Waals surface area contributed by atoms with Crippen LogP contribution in [0.5, 0.6) is 0 Å². The van der Waals surface area contributed by atoms with Crippen LogP contribution in [0.15, 0.2) is 36.7 Å². The molecule has 0 aliphatic heterocycles. The summed E-state index contributed by atoms with van der Waals surface area (Å²) in [6.45, 7) is 3.02. The Balaban J connectivity index is 2.14. The maximum absolute atomic E-state index is 9.53. The van der Waals surface area contributed by atoms with Gasteiger partial charge in [0.1, 0.15) is 0 Å². The Morgan fingerprint density at radius 3 is 2.89 bits per heavy atom. The Bertz CT molecular complexity index is 510. The van der Waals surface area contributed by atoms with Crippen molar-refractivity contribution in [3.05, 3.63) is 52.8 Å². The van der Waals surface area contributed by atoms with Crippen LogP contribution in [-0.4, -0.2) is 21.5 Å². The normalized spacial score (nSPS) is 12.6. The highest BCUT2D eigenvalue weighted by molar-refractivity contribution is 6.30. The van der Waals surface area contributed by atoms with Crippen molar-refractivity contribution in [3.63, 3.8) is 0 Å². The molecule has 96 valence electrons. The van der Waals surface area contributed by atoms with Gasteiger partial charge in [-0.05, 0) is 36.6 Å². The van der Waals surface area contributed by atoms with Crippen molar-refractivity contribution in [2.24, 2.45) is 0 Å². The van der Waals surface area contributed by atoms with Crippen molar-refractivity contribution in [1.82, 2.24) is 9.78 Å². The van der Waals surface area contributed by atoms with E-state index in [0.29, 0.717) is 5.02 Å². The van der Waals surface area contributed by atoms with Crippen LogP contribution in [0.2, 0.25) is 5.02 Å². The smallest absolute Gasteiger partial charge is 0.0521 e. The first-order chi connectivity index (χ1) is 8.72. The van der Waals surface area contributed by atoms with E-state index in [0.717, 1.165) is 24.1 Å². The van der Waals surface area contributed by atoms with Crippen LogP contribution >= 0.6 is 11.6 Å². The summed E-state index contributed by atoms with van der Waals surface area (Å²) < 4.78 is 1.89. The predicted octanol–water partition coefficient (Wildman–Crippen LogP) is 2.88. The number of aliphatic hydroxyl groups is 1. The molecule has 0 bridgehead atoms. The average Bonchev–Trinajstić information content (AvgIpc) is 2.83. The van der Waals surface area contributed by atoms with Crippen LogP contribution in [0, 0.1) is 0 Å². The van der Waals surface area contributed by atoms with Crippen LogP contribution in [0.25, 0.3) is 0 Å². The molecule has 0 aliphatic carbocycles. The van der Waals surface area contributed by atoms with Crippen molar-refractivity contribution < 1.29 is 5.11 Å². The second kappa shape index (κ2) is 6.03. The van der Waals surface area contributed by atoms with E-state index >= 15 is 0 Å². The van der Waals surface area contributed by atoms with Gasteiger partial charge in [-0.2, -0.15) is 5.10 Å². The van der Waals surface area contributed by atoms with E-state index in [4.69, 9.17) is 11.6 Å². The summed E-state index contributed by atoms with van der Waals surface area (Å²) in [4.78, 5) is 0. The second-order valence-corrected chi connectivity index (χ2v) is 4.78.